The Morgan fingerprint density at radius 1 is 1.38 bits per heavy atom. The van der Waals surface area contributed by atoms with Crippen LogP contribution >= 0.6 is 0 Å². The summed E-state index contributed by atoms with van der Waals surface area (Å²) in [5, 5.41) is 21.2. The van der Waals surface area contributed by atoms with E-state index in [0.717, 1.165) is 17.1 Å². The van der Waals surface area contributed by atoms with Crippen molar-refractivity contribution in [3.05, 3.63) is 52.8 Å². The SMILES string of the molecule is COCC(O)CNC(=O)c1cc(C)n(-c2ccc(C#N)cc2)c1C. The number of ether oxygens (including phenoxy) is 1. The van der Waals surface area contributed by atoms with Gasteiger partial charge in [-0.05, 0) is 44.2 Å². The summed E-state index contributed by atoms with van der Waals surface area (Å²) >= 11 is 0. The standard InChI is InChI=1S/C18H21N3O3/c1-12-8-17(18(23)20-10-16(22)11-24-3)13(2)21(12)15-6-4-14(9-19)5-7-15/h4-8,16,22H,10-11H2,1-3H3,(H,20,23). The molecule has 2 N–H and O–H groups in total. The van der Waals surface area contributed by atoms with Crippen molar-refractivity contribution in [2.45, 2.75) is 20.0 Å². The molecule has 0 fully saturated rings. The summed E-state index contributed by atoms with van der Waals surface area (Å²) in [7, 11) is 1.50. The largest absolute Gasteiger partial charge is 0.389 e. The third-order valence-electron chi connectivity index (χ3n) is 3.79. The maximum atomic E-state index is 12.4. The summed E-state index contributed by atoms with van der Waals surface area (Å²) in [6, 6.07) is 11.1. The number of aliphatic hydroxyl groups excluding tert-OH is 1. The van der Waals surface area contributed by atoms with Crippen LogP contribution in [-0.4, -0.2) is 41.9 Å². The number of nitrogens with zero attached hydrogens (tertiary/aromatic N) is 2. The normalized spacial score (nSPS) is 11.8. The molecule has 1 heterocycles. The second kappa shape index (κ2) is 7.77. The fourth-order valence-electron chi connectivity index (χ4n) is 2.63. The van der Waals surface area contributed by atoms with Crippen molar-refractivity contribution in [2.24, 2.45) is 0 Å². The van der Waals surface area contributed by atoms with Crippen molar-refractivity contribution in [3.63, 3.8) is 0 Å². The summed E-state index contributed by atoms with van der Waals surface area (Å²) < 4.78 is 6.80. The van der Waals surface area contributed by atoms with Crippen LogP contribution in [0.2, 0.25) is 0 Å². The van der Waals surface area contributed by atoms with Crippen LogP contribution in [0.4, 0.5) is 0 Å². The van der Waals surface area contributed by atoms with Crippen LogP contribution in [0.3, 0.4) is 0 Å². The Kier molecular flexibility index (Phi) is 5.74. The lowest BCUT2D eigenvalue weighted by Crippen LogP contribution is -2.34. The molecule has 24 heavy (non-hydrogen) atoms. The van der Waals surface area contributed by atoms with E-state index < -0.39 is 6.10 Å². The molecule has 126 valence electrons. The fourth-order valence-corrected chi connectivity index (χ4v) is 2.63. The smallest absolute Gasteiger partial charge is 0.253 e. The van der Waals surface area contributed by atoms with Gasteiger partial charge in [0, 0.05) is 30.7 Å². The average molecular weight is 327 g/mol. The molecule has 2 aromatic rings. The number of methoxy groups -OCH3 is 1. The fraction of sp³-hybridized carbons (Fsp3) is 0.333. The van der Waals surface area contributed by atoms with Crippen LogP contribution in [0.15, 0.2) is 30.3 Å². The highest BCUT2D eigenvalue weighted by molar-refractivity contribution is 5.95. The minimum atomic E-state index is -0.735. The van der Waals surface area contributed by atoms with E-state index in [4.69, 9.17) is 10.00 Å². The molecule has 0 aliphatic carbocycles. The first-order valence-corrected chi connectivity index (χ1v) is 7.62. The van der Waals surface area contributed by atoms with Gasteiger partial charge in [0.15, 0.2) is 0 Å². The highest BCUT2D eigenvalue weighted by atomic mass is 16.5. The Morgan fingerprint density at radius 2 is 2.04 bits per heavy atom. The molecule has 2 rings (SSSR count). The number of carbonyl (C=O) groups is 1. The maximum absolute atomic E-state index is 12.4. The van der Waals surface area contributed by atoms with Gasteiger partial charge in [-0.1, -0.05) is 0 Å². The first kappa shape index (κ1) is 17.7. The van der Waals surface area contributed by atoms with Crippen molar-refractivity contribution in [2.75, 3.05) is 20.3 Å². The number of aliphatic hydroxyl groups is 1. The Morgan fingerprint density at radius 3 is 2.62 bits per heavy atom. The third-order valence-corrected chi connectivity index (χ3v) is 3.79. The molecule has 1 unspecified atom stereocenters. The molecule has 1 amide bonds. The quantitative estimate of drug-likeness (QED) is 0.845. The van der Waals surface area contributed by atoms with E-state index in [1.165, 1.54) is 7.11 Å². The van der Waals surface area contributed by atoms with Gasteiger partial charge in [-0.25, -0.2) is 0 Å². The molecule has 0 aliphatic heterocycles. The van der Waals surface area contributed by atoms with Crippen molar-refractivity contribution in [1.82, 2.24) is 9.88 Å². The molecule has 0 saturated carbocycles. The second-order valence-corrected chi connectivity index (χ2v) is 5.60. The predicted octanol–water partition coefficient (Wildman–Crippen LogP) is 1.70. The van der Waals surface area contributed by atoms with Gasteiger partial charge < -0.3 is 19.7 Å². The molecule has 0 aliphatic rings. The topological polar surface area (TPSA) is 87.3 Å². The summed E-state index contributed by atoms with van der Waals surface area (Å²) in [6.07, 6.45) is -0.735. The van der Waals surface area contributed by atoms with E-state index in [1.807, 2.05) is 36.6 Å². The number of hydrogen-bond donors (Lipinski definition) is 2. The predicted molar refractivity (Wildman–Crippen MR) is 90.2 cm³/mol. The van der Waals surface area contributed by atoms with Gasteiger partial charge in [-0.3, -0.25) is 4.79 Å². The molecular formula is C18H21N3O3. The zero-order chi connectivity index (χ0) is 17.7. The number of aromatic nitrogens is 1. The number of carbonyl (C=O) groups excluding carboxylic acids is 1. The van der Waals surface area contributed by atoms with Gasteiger partial charge in [0.05, 0.1) is 29.9 Å². The van der Waals surface area contributed by atoms with E-state index in [9.17, 15) is 9.90 Å². The molecule has 6 heteroatoms. The van der Waals surface area contributed by atoms with Crippen LogP contribution in [-0.2, 0) is 4.74 Å². The average Bonchev–Trinajstić information content (AvgIpc) is 2.88. The summed E-state index contributed by atoms with van der Waals surface area (Å²) in [5.74, 6) is -0.238. The van der Waals surface area contributed by atoms with E-state index >= 15 is 0 Å². The van der Waals surface area contributed by atoms with Gasteiger partial charge in [-0.15, -0.1) is 0 Å². The van der Waals surface area contributed by atoms with E-state index in [1.54, 1.807) is 12.1 Å². The number of rotatable bonds is 6. The van der Waals surface area contributed by atoms with Crippen LogP contribution in [0.1, 0.15) is 27.3 Å². The Bertz CT molecular complexity index is 757. The lowest BCUT2D eigenvalue weighted by Gasteiger charge is -2.12. The number of benzene rings is 1. The minimum Gasteiger partial charge on any atom is -0.389 e. The highest BCUT2D eigenvalue weighted by Gasteiger charge is 2.17. The van der Waals surface area contributed by atoms with E-state index in [-0.39, 0.29) is 19.1 Å². The Hall–Kier alpha value is -2.62. The molecule has 1 aromatic heterocycles. The molecule has 0 saturated heterocycles. The first-order valence-electron chi connectivity index (χ1n) is 7.62. The van der Waals surface area contributed by atoms with Crippen LogP contribution in [0.25, 0.3) is 5.69 Å². The van der Waals surface area contributed by atoms with Gasteiger partial charge in [-0.2, -0.15) is 5.26 Å². The van der Waals surface area contributed by atoms with E-state index in [0.29, 0.717) is 11.1 Å². The van der Waals surface area contributed by atoms with Gasteiger partial charge in [0.1, 0.15) is 0 Å². The lowest BCUT2D eigenvalue weighted by molar-refractivity contribution is 0.0609. The van der Waals surface area contributed by atoms with Crippen LogP contribution in [0, 0.1) is 25.2 Å². The number of aryl methyl sites for hydroxylation is 1. The van der Waals surface area contributed by atoms with Gasteiger partial charge in [0.25, 0.3) is 5.91 Å². The number of nitriles is 1. The number of hydrogen-bond acceptors (Lipinski definition) is 4. The third kappa shape index (κ3) is 3.82. The van der Waals surface area contributed by atoms with Gasteiger partial charge in [0.2, 0.25) is 0 Å². The zero-order valence-electron chi connectivity index (χ0n) is 14.0. The highest BCUT2D eigenvalue weighted by Crippen LogP contribution is 2.21. The Labute approximate surface area is 141 Å². The van der Waals surface area contributed by atoms with Crippen molar-refractivity contribution < 1.29 is 14.6 Å². The minimum absolute atomic E-state index is 0.132. The van der Waals surface area contributed by atoms with Crippen LogP contribution in [0.5, 0.6) is 0 Å². The molecule has 0 bridgehead atoms. The summed E-state index contributed by atoms with van der Waals surface area (Å²) in [4.78, 5) is 12.4. The molecule has 6 nitrogen and oxygen atoms in total. The molecular weight excluding hydrogens is 306 g/mol. The second-order valence-electron chi connectivity index (χ2n) is 5.60. The summed E-state index contributed by atoms with van der Waals surface area (Å²) in [5.41, 5.74) is 3.76. The Balaban J connectivity index is 2.22. The number of nitrogens with one attached hydrogen (secondary N) is 1. The molecule has 1 aromatic carbocycles. The number of amides is 1. The van der Waals surface area contributed by atoms with E-state index in [2.05, 4.69) is 11.4 Å². The molecule has 0 radical (unpaired) electrons. The van der Waals surface area contributed by atoms with Crippen molar-refractivity contribution in [3.8, 4) is 11.8 Å². The zero-order valence-corrected chi connectivity index (χ0v) is 14.0. The molecule has 0 spiro atoms. The molecule has 1 atom stereocenters. The lowest BCUT2D eigenvalue weighted by atomic mass is 10.2. The summed E-state index contributed by atoms with van der Waals surface area (Å²) in [6.45, 7) is 4.09. The van der Waals surface area contributed by atoms with Crippen LogP contribution < -0.4 is 5.32 Å². The van der Waals surface area contributed by atoms with Gasteiger partial charge >= 0.3 is 0 Å². The monoisotopic (exact) mass is 327 g/mol. The first-order chi connectivity index (χ1) is 11.5. The maximum Gasteiger partial charge on any atom is 0.253 e. The van der Waals surface area contributed by atoms with Crippen molar-refractivity contribution in [1.29, 1.82) is 5.26 Å². The van der Waals surface area contributed by atoms with Crippen molar-refractivity contribution >= 4 is 5.91 Å².